The van der Waals surface area contributed by atoms with E-state index in [0.29, 0.717) is 0 Å². The number of alkyl halides is 1. The van der Waals surface area contributed by atoms with Gasteiger partial charge in [-0.3, -0.25) is 0 Å². The van der Waals surface area contributed by atoms with Crippen molar-refractivity contribution in [2.45, 2.75) is 32.1 Å². The lowest BCUT2D eigenvalue weighted by atomic mass is 9.98. The molecular formula is C19H19ClS. The maximum absolute atomic E-state index is 6.74. The van der Waals surface area contributed by atoms with E-state index in [2.05, 4.69) is 62.4 Å². The van der Waals surface area contributed by atoms with Crippen LogP contribution in [0.3, 0.4) is 0 Å². The highest BCUT2D eigenvalue weighted by Gasteiger charge is 2.15. The molecule has 0 nitrogen and oxygen atoms in total. The lowest BCUT2D eigenvalue weighted by Gasteiger charge is -2.12. The molecule has 0 saturated heterocycles. The van der Waals surface area contributed by atoms with E-state index in [0.717, 1.165) is 12.8 Å². The van der Waals surface area contributed by atoms with E-state index in [-0.39, 0.29) is 5.38 Å². The van der Waals surface area contributed by atoms with Crippen molar-refractivity contribution in [2.75, 3.05) is 0 Å². The van der Waals surface area contributed by atoms with E-state index in [1.807, 2.05) is 0 Å². The molecule has 0 aliphatic carbocycles. The van der Waals surface area contributed by atoms with Gasteiger partial charge in [0.05, 0.1) is 5.38 Å². The van der Waals surface area contributed by atoms with Gasteiger partial charge in [0, 0.05) is 9.58 Å². The number of hydrogen-bond acceptors (Lipinski definition) is 1. The molecule has 108 valence electrons. The average molecular weight is 315 g/mol. The third-order valence-electron chi connectivity index (χ3n) is 3.98. The Bertz CT molecular complexity index is 724. The van der Waals surface area contributed by atoms with Crippen LogP contribution in [0.4, 0.5) is 0 Å². The molecule has 0 spiro atoms. The standard InChI is InChI=1S/C19H19ClS/c1-3-13-9-10-16(11-14(13)4-2)19(20)18-12-15-7-5-6-8-17(15)21-18/h5-12,19H,3-4H2,1-2H3. The van der Waals surface area contributed by atoms with Gasteiger partial charge in [0.2, 0.25) is 0 Å². The van der Waals surface area contributed by atoms with Crippen LogP contribution in [0.2, 0.25) is 0 Å². The number of aryl methyl sites for hydroxylation is 2. The summed E-state index contributed by atoms with van der Waals surface area (Å²) in [6.07, 6.45) is 2.15. The molecule has 0 fully saturated rings. The zero-order valence-corrected chi connectivity index (χ0v) is 14.0. The van der Waals surface area contributed by atoms with Crippen LogP contribution in [0.25, 0.3) is 10.1 Å². The molecule has 2 heteroatoms. The van der Waals surface area contributed by atoms with E-state index in [4.69, 9.17) is 11.6 Å². The quantitative estimate of drug-likeness (QED) is 0.492. The summed E-state index contributed by atoms with van der Waals surface area (Å²) in [5.74, 6) is 0. The van der Waals surface area contributed by atoms with Gasteiger partial charge in [-0.25, -0.2) is 0 Å². The van der Waals surface area contributed by atoms with E-state index in [9.17, 15) is 0 Å². The predicted octanol–water partition coefficient (Wildman–Crippen LogP) is 6.35. The minimum atomic E-state index is -0.0568. The van der Waals surface area contributed by atoms with Crippen molar-refractivity contribution in [1.29, 1.82) is 0 Å². The zero-order chi connectivity index (χ0) is 14.8. The van der Waals surface area contributed by atoms with Crippen molar-refractivity contribution in [2.24, 2.45) is 0 Å². The fourth-order valence-corrected chi connectivity index (χ4v) is 4.17. The summed E-state index contributed by atoms with van der Waals surface area (Å²) in [6, 6.07) is 17.4. The first kappa shape index (κ1) is 14.6. The zero-order valence-electron chi connectivity index (χ0n) is 12.4. The number of hydrogen-bond donors (Lipinski definition) is 0. The second-order valence-electron chi connectivity index (χ2n) is 5.28. The van der Waals surface area contributed by atoms with Crippen LogP contribution >= 0.6 is 22.9 Å². The molecule has 2 aromatic carbocycles. The third kappa shape index (κ3) is 2.86. The molecule has 0 bridgehead atoms. The van der Waals surface area contributed by atoms with Crippen LogP contribution in [-0.2, 0) is 12.8 Å². The summed E-state index contributed by atoms with van der Waals surface area (Å²) in [4.78, 5) is 1.23. The molecule has 0 aliphatic heterocycles. The maximum atomic E-state index is 6.74. The largest absolute Gasteiger partial charge is 0.138 e. The van der Waals surface area contributed by atoms with Gasteiger partial charge in [-0.1, -0.05) is 50.2 Å². The Labute approximate surface area is 135 Å². The minimum absolute atomic E-state index is 0.0568. The monoisotopic (exact) mass is 314 g/mol. The van der Waals surface area contributed by atoms with Crippen LogP contribution in [0.5, 0.6) is 0 Å². The lowest BCUT2D eigenvalue weighted by Crippen LogP contribution is -1.96. The Morgan fingerprint density at radius 1 is 0.952 bits per heavy atom. The molecule has 1 heterocycles. The minimum Gasteiger partial charge on any atom is -0.138 e. The maximum Gasteiger partial charge on any atom is 0.0928 e. The molecule has 0 amide bonds. The molecular weight excluding hydrogens is 296 g/mol. The number of thiophene rings is 1. The van der Waals surface area contributed by atoms with Crippen LogP contribution in [0.1, 0.15) is 40.8 Å². The van der Waals surface area contributed by atoms with Gasteiger partial charge in [0.25, 0.3) is 0 Å². The van der Waals surface area contributed by atoms with Gasteiger partial charge in [0.15, 0.2) is 0 Å². The highest BCUT2D eigenvalue weighted by Crippen LogP contribution is 2.37. The van der Waals surface area contributed by atoms with Crippen LogP contribution in [-0.4, -0.2) is 0 Å². The summed E-state index contributed by atoms with van der Waals surface area (Å²) < 4.78 is 1.30. The lowest BCUT2D eigenvalue weighted by molar-refractivity contribution is 1.02. The molecule has 1 atom stereocenters. The number of rotatable bonds is 4. The number of halogens is 1. The van der Waals surface area contributed by atoms with Crippen molar-refractivity contribution < 1.29 is 0 Å². The van der Waals surface area contributed by atoms with Gasteiger partial charge in [-0.2, -0.15) is 0 Å². The first-order valence-corrected chi connectivity index (χ1v) is 8.72. The van der Waals surface area contributed by atoms with Crippen molar-refractivity contribution >= 4 is 33.0 Å². The first-order valence-electron chi connectivity index (χ1n) is 7.47. The summed E-state index contributed by atoms with van der Waals surface area (Å²) in [5, 5.41) is 1.22. The molecule has 0 radical (unpaired) electrons. The Morgan fingerprint density at radius 2 is 1.71 bits per heavy atom. The SMILES string of the molecule is CCc1ccc(C(Cl)c2cc3ccccc3s2)cc1CC. The Kier molecular flexibility index (Phi) is 4.32. The van der Waals surface area contributed by atoms with Crippen LogP contribution < -0.4 is 0 Å². The topological polar surface area (TPSA) is 0 Å². The van der Waals surface area contributed by atoms with E-state index < -0.39 is 0 Å². The average Bonchev–Trinajstić information content (AvgIpc) is 2.97. The fourth-order valence-electron chi connectivity index (χ4n) is 2.77. The van der Waals surface area contributed by atoms with E-state index in [1.165, 1.54) is 31.7 Å². The van der Waals surface area contributed by atoms with Crippen molar-refractivity contribution in [1.82, 2.24) is 0 Å². The van der Waals surface area contributed by atoms with Gasteiger partial charge in [-0.05, 0) is 47.1 Å². The second kappa shape index (κ2) is 6.21. The Hall–Kier alpha value is -1.31. The predicted molar refractivity (Wildman–Crippen MR) is 94.7 cm³/mol. The van der Waals surface area contributed by atoms with Crippen molar-refractivity contribution in [3.05, 3.63) is 70.1 Å². The fraction of sp³-hybridized carbons (Fsp3) is 0.263. The smallest absolute Gasteiger partial charge is 0.0928 e. The van der Waals surface area contributed by atoms with Crippen molar-refractivity contribution in [3.63, 3.8) is 0 Å². The molecule has 0 N–H and O–H groups in total. The second-order valence-corrected chi connectivity index (χ2v) is 6.84. The summed E-state index contributed by atoms with van der Waals surface area (Å²) in [6.45, 7) is 4.42. The van der Waals surface area contributed by atoms with E-state index in [1.54, 1.807) is 11.3 Å². The van der Waals surface area contributed by atoms with Crippen LogP contribution in [0.15, 0.2) is 48.5 Å². The highest BCUT2D eigenvalue weighted by atomic mass is 35.5. The van der Waals surface area contributed by atoms with Gasteiger partial charge >= 0.3 is 0 Å². The van der Waals surface area contributed by atoms with Crippen molar-refractivity contribution in [3.8, 4) is 0 Å². The van der Waals surface area contributed by atoms with Gasteiger partial charge < -0.3 is 0 Å². The first-order chi connectivity index (χ1) is 10.2. The highest BCUT2D eigenvalue weighted by molar-refractivity contribution is 7.19. The summed E-state index contributed by atoms with van der Waals surface area (Å²) in [7, 11) is 0. The normalized spacial score (nSPS) is 12.7. The molecule has 1 unspecified atom stereocenters. The van der Waals surface area contributed by atoms with E-state index >= 15 is 0 Å². The van der Waals surface area contributed by atoms with Gasteiger partial charge in [0.1, 0.15) is 0 Å². The number of benzene rings is 2. The molecule has 3 rings (SSSR count). The molecule has 21 heavy (non-hydrogen) atoms. The summed E-state index contributed by atoms with van der Waals surface area (Å²) in [5.41, 5.74) is 4.06. The third-order valence-corrected chi connectivity index (χ3v) is 5.78. The molecule has 0 saturated carbocycles. The Balaban J connectivity index is 1.99. The summed E-state index contributed by atoms with van der Waals surface area (Å²) >= 11 is 8.53. The molecule has 0 aliphatic rings. The van der Waals surface area contributed by atoms with Gasteiger partial charge in [-0.15, -0.1) is 22.9 Å². The molecule has 3 aromatic rings. The number of fused-ring (bicyclic) bond motifs is 1. The molecule has 1 aromatic heterocycles. The van der Waals surface area contributed by atoms with Crippen LogP contribution in [0, 0.1) is 0 Å². The Morgan fingerprint density at radius 3 is 2.43 bits per heavy atom.